The Hall–Kier alpha value is -2.73. The van der Waals surface area contributed by atoms with E-state index < -0.39 is 66.9 Å². The number of aliphatic carboxylic acids is 2. The number of nitrogens with one attached hydrogen (secondary N) is 3. The molecule has 0 saturated heterocycles. The normalized spacial score (nSPS) is 15.1. The van der Waals surface area contributed by atoms with Crippen LogP contribution in [0.25, 0.3) is 0 Å². The number of aliphatic hydroxyl groups is 1. The summed E-state index contributed by atoms with van der Waals surface area (Å²) in [7, 11) is 0. The van der Waals surface area contributed by atoms with E-state index in [0.717, 1.165) is 0 Å². The molecule has 12 nitrogen and oxygen atoms in total. The van der Waals surface area contributed by atoms with E-state index in [0.29, 0.717) is 0 Å². The lowest BCUT2D eigenvalue weighted by atomic mass is 10.1. The molecule has 4 atom stereocenters. The molecule has 0 spiro atoms. The molecule has 0 aromatic rings. The van der Waals surface area contributed by atoms with Crippen LogP contribution in [0.1, 0.15) is 26.7 Å². The summed E-state index contributed by atoms with van der Waals surface area (Å²) < 4.78 is 0. The number of carboxylic acids is 2. The second-order valence-corrected chi connectivity index (χ2v) is 5.60. The van der Waals surface area contributed by atoms with Gasteiger partial charge in [0.2, 0.25) is 17.7 Å². The van der Waals surface area contributed by atoms with Gasteiger partial charge in [0.1, 0.15) is 24.7 Å². The first-order valence-electron chi connectivity index (χ1n) is 7.71. The number of carbonyl (C=O) groups excluding carboxylic acids is 3. The lowest BCUT2D eigenvalue weighted by Gasteiger charge is -2.23. The van der Waals surface area contributed by atoms with Gasteiger partial charge in [0.15, 0.2) is 0 Å². The van der Waals surface area contributed by atoms with Crippen LogP contribution in [0.5, 0.6) is 0 Å². The molecule has 0 rings (SSSR count). The Kier molecular flexibility index (Phi) is 9.84. The molecule has 0 fully saturated rings. The van der Waals surface area contributed by atoms with Crippen molar-refractivity contribution in [2.45, 2.75) is 50.9 Å². The van der Waals surface area contributed by atoms with Gasteiger partial charge in [-0.05, 0) is 20.3 Å². The molecule has 0 aliphatic rings. The largest absolute Gasteiger partial charge is 0.481 e. The van der Waals surface area contributed by atoms with Gasteiger partial charge in [0.05, 0.1) is 6.10 Å². The molecular formula is C14H24N4O8. The van der Waals surface area contributed by atoms with Crippen molar-refractivity contribution in [3.05, 3.63) is 0 Å². The summed E-state index contributed by atoms with van der Waals surface area (Å²) >= 11 is 0. The Morgan fingerprint density at radius 1 is 0.923 bits per heavy atom. The summed E-state index contributed by atoms with van der Waals surface area (Å²) in [6.45, 7) is 1.92. The predicted octanol–water partition coefficient (Wildman–Crippen LogP) is -3.25. The molecule has 4 unspecified atom stereocenters. The van der Waals surface area contributed by atoms with Crippen LogP contribution in [-0.4, -0.2) is 75.8 Å². The fourth-order valence-corrected chi connectivity index (χ4v) is 1.72. The summed E-state index contributed by atoms with van der Waals surface area (Å²) in [6, 6.07) is -3.76. The summed E-state index contributed by atoms with van der Waals surface area (Å²) in [5, 5.41) is 33.1. The molecule has 0 aromatic heterocycles. The summed E-state index contributed by atoms with van der Waals surface area (Å²) in [6.07, 6.45) is -1.91. The molecule has 0 heterocycles. The van der Waals surface area contributed by atoms with E-state index in [2.05, 4.69) is 16.0 Å². The highest BCUT2D eigenvalue weighted by Crippen LogP contribution is 2.01. The first kappa shape index (κ1) is 23.3. The van der Waals surface area contributed by atoms with Crippen LogP contribution < -0.4 is 21.7 Å². The zero-order valence-electron chi connectivity index (χ0n) is 14.4. The van der Waals surface area contributed by atoms with Crippen LogP contribution in [0.4, 0.5) is 0 Å². The van der Waals surface area contributed by atoms with Gasteiger partial charge >= 0.3 is 11.9 Å². The van der Waals surface area contributed by atoms with E-state index in [4.69, 9.17) is 15.9 Å². The zero-order chi connectivity index (χ0) is 20.4. The van der Waals surface area contributed by atoms with Gasteiger partial charge in [0.25, 0.3) is 0 Å². The number of hydrogen-bond acceptors (Lipinski definition) is 7. The number of carbonyl (C=O) groups is 5. The smallest absolute Gasteiger partial charge is 0.322 e. The minimum absolute atomic E-state index is 0.275. The third-order valence-electron chi connectivity index (χ3n) is 3.27. The molecule has 148 valence electrons. The summed E-state index contributed by atoms with van der Waals surface area (Å²) in [5.74, 6) is -4.96. The van der Waals surface area contributed by atoms with Gasteiger partial charge in [-0.25, -0.2) is 0 Å². The first-order valence-corrected chi connectivity index (χ1v) is 7.71. The summed E-state index contributed by atoms with van der Waals surface area (Å²) in [5.41, 5.74) is 5.45. The van der Waals surface area contributed by atoms with Gasteiger partial charge in [-0.15, -0.1) is 0 Å². The molecule has 0 bridgehead atoms. The number of rotatable bonds is 11. The van der Waals surface area contributed by atoms with E-state index >= 15 is 0 Å². The third kappa shape index (κ3) is 8.94. The number of nitrogens with two attached hydrogens (primary N) is 1. The van der Waals surface area contributed by atoms with Crippen LogP contribution in [0.15, 0.2) is 0 Å². The second-order valence-electron chi connectivity index (χ2n) is 5.60. The van der Waals surface area contributed by atoms with Crippen molar-refractivity contribution in [1.82, 2.24) is 16.0 Å². The van der Waals surface area contributed by atoms with Gasteiger partial charge in [-0.1, -0.05) is 0 Å². The van der Waals surface area contributed by atoms with Crippen LogP contribution in [0.2, 0.25) is 0 Å². The maximum atomic E-state index is 12.2. The van der Waals surface area contributed by atoms with E-state index in [1.54, 1.807) is 0 Å². The second kappa shape index (κ2) is 11.0. The lowest BCUT2D eigenvalue weighted by molar-refractivity contribution is -0.138. The molecule has 0 aliphatic carbocycles. The maximum Gasteiger partial charge on any atom is 0.322 e. The topological polar surface area (TPSA) is 208 Å². The predicted molar refractivity (Wildman–Crippen MR) is 86.7 cm³/mol. The molecule has 0 radical (unpaired) electrons. The number of aliphatic hydroxyl groups excluding tert-OH is 1. The highest BCUT2D eigenvalue weighted by atomic mass is 16.4. The Morgan fingerprint density at radius 3 is 1.96 bits per heavy atom. The average molecular weight is 376 g/mol. The minimum atomic E-state index is -1.33. The van der Waals surface area contributed by atoms with Crippen LogP contribution >= 0.6 is 0 Å². The monoisotopic (exact) mass is 376 g/mol. The van der Waals surface area contributed by atoms with Gasteiger partial charge < -0.3 is 37.0 Å². The van der Waals surface area contributed by atoms with E-state index in [-0.39, 0.29) is 6.42 Å². The van der Waals surface area contributed by atoms with Crippen molar-refractivity contribution in [3.8, 4) is 0 Å². The van der Waals surface area contributed by atoms with Crippen molar-refractivity contribution in [2.24, 2.45) is 5.73 Å². The SMILES string of the molecule is CC(NC(=O)C(CCC(=O)O)NC(=O)C(N)C(C)O)C(=O)NCC(=O)O. The van der Waals surface area contributed by atoms with Crippen molar-refractivity contribution >= 4 is 29.7 Å². The van der Waals surface area contributed by atoms with E-state index in [9.17, 15) is 29.1 Å². The van der Waals surface area contributed by atoms with Gasteiger partial charge in [-0.2, -0.15) is 0 Å². The Labute approximate surface area is 149 Å². The highest BCUT2D eigenvalue weighted by Gasteiger charge is 2.28. The molecule has 0 aromatic carbocycles. The molecule has 0 saturated carbocycles. The standard InChI is InChI=1S/C14H24N4O8/c1-6(12(24)16-5-10(22)23)17-13(25)8(3-4-9(20)21)18-14(26)11(15)7(2)19/h6-8,11,19H,3-5,15H2,1-2H3,(H,16,24)(H,17,25)(H,18,26)(H,20,21)(H,22,23). The Morgan fingerprint density at radius 2 is 1.50 bits per heavy atom. The van der Waals surface area contributed by atoms with Crippen LogP contribution in [0, 0.1) is 0 Å². The van der Waals surface area contributed by atoms with Crippen molar-refractivity contribution < 1.29 is 39.3 Å². The van der Waals surface area contributed by atoms with Gasteiger partial charge in [0, 0.05) is 6.42 Å². The van der Waals surface area contributed by atoms with Crippen molar-refractivity contribution in [2.75, 3.05) is 6.54 Å². The molecule has 12 heteroatoms. The zero-order valence-corrected chi connectivity index (χ0v) is 14.4. The number of hydrogen-bond donors (Lipinski definition) is 7. The average Bonchev–Trinajstić information content (AvgIpc) is 2.54. The van der Waals surface area contributed by atoms with Gasteiger partial charge in [-0.3, -0.25) is 24.0 Å². The van der Waals surface area contributed by atoms with E-state index in [1.807, 2.05) is 0 Å². The van der Waals surface area contributed by atoms with Crippen molar-refractivity contribution in [1.29, 1.82) is 0 Å². The van der Waals surface area contributed by atoms with E-state index in [1.165, 1.54) is 13.8 Å². The molecular weight excluding hydrogens is 352 g/mol. The third-order valence-corrected chi connectivity index (χ3v) is 3.27. The van der Waals surface area contributed by atoms with Crippen LogP contribution in [0.3, 0.4) is 0 Å². The quantitative estimate of drug-likeness (QED) is 0.193. The summed E-state index contributed by atoms with van der Waals surface area (Å²) in [4.78, 5) is 56.9. The minimum Gasteiger partial charge on any atom is -0.481 e. The fourth-order valence-electron chi connectivity index (χ4n) is 1.72. The molecule has 26 heavy (non-hydrogen) atoms. The molecule has 0 aliphatic heterocycles. The number of carboxylic acid groups (broad SMARTS) is 2. The molecule has 8 N–H and O–H groups in total. The first-order chi connectivity index (χ1) is 12.0. The number of amides is 3. The lowest BCUT2D eigenvalue weighted by Crippen LogP contribution is -2.56. The fraction of sp³-hybridized carbons (Fsp3) is 0.643. The van der Waals surface area contributed by atoms with Crippen molar-refractivity contribution in [3.63, 3.8) is 0 Å². The molecule has 3 amide bonds. The maximum absolute atomic E-state index is 12.2. The highest BCUT2D eigenvalue weighted by molar-refractivity contribution is 5.93. The Balaban J connectivity index is 4.92. The Bertz CT molecular complexity index is 551. The van der Waals surface area contributed by atoms with Crippen LogP contribution in [-0.2, 0) is 24.0 Å².